The second kappa shape index (κ2) is 6.40. The molecule has 1 aromatic heterocycles. The van der Waals surface area contributed by atoms with Gasteiger partial charge in [0.15, 0.2) is 5.82 Å². The van der Waals surface area contributed by atoms with E-state index >= 15 is 0 Å². The lowest BCUT2D eigenvalue weighted by Crippen LogP contribution is -2.30. The molecular formula is C13H16F2N4O. The van der Waals surface area contributed by atoms with Crippen molar-refractivity contribution in [3.05, 3.63) is 23.8 Å². The lowest BCUT2D eigenvalue weighted by atomic mass is 10.2. The van der Waals surface area contributed by atoms with Crippen LogP contribution in [0, 0.1) is 11.6 Å². The quantitative estimate of drug-likeness (QED) is 0.858. The summed E-state index contributed by atoms with van der Waals surface area (Å²) in [6, 6.07) is 1.22. The number of amides is 1. The van der Waals surface area contributed by atoms with Crippen molar-refractivity contribution in [2.24, 2.45) is 0 Å². The van der Waals surface area contributed by atoms with Crippen LogP contribution in [0.25, 0.3) is 11.0 Å². The van der Waals surface area contributed by atoms with Gasteiger partial charge in [0.1, 0.15) is 16.9 Å². The molecule has 0 bridgehead atoms. The van der Waals surface area contributed by atoms with Gasteiger partial charge in [0.05, 0.1) is 0 Å². The fraction of sp³-hybridized carbons (Fsp3) is 0.462. The Kier molecular flexibility index (Phi) is 4.60. The van der Waals surface area contributed by atoms with Gasteiger partial charge in [-0.05, 0) is 6.42 Å². The molecule has 2 aromatic rings. The average Bonchev–Trinajstić information content (AvgIpc) is 2.82. The predicted octanol–water partition coefficient (Wildman–Crippen LogP) is 2.85. The van der Waals surface area contributed by atoms with Crippen LogP contribution < -0.4 is 5.32 Å². The standard InChI is InChI=1S/C13H16F2N4O/c1-2-3-4-5-6-16-13(20)19-11-8-9(14)7-10(15)12(11)17-18-19/h7-8H,2-6H2,1H3,(H,16,20). The molecule has 0 atom stereocenters. The molecule has 108 valence electrons. The summed E-state index contributed by atoms with van der Waals surface area (Å²) in [5, 5.41) is 9.76. The van der Waals surface area contributed by atoms with Crippen molar-refractivity contribution in [3.63, 3.8) is 0 Å². The number of hydrogen-bond acceptors (Lipinski definition) is 3. The van der Waals surface area contributed by atoms with Gasteiger partial charge in [-0.25, -0.2) is 13.6 Å². The molecule has 0 spiro atoms. The van der Waals surface area contributed by atoms with E-state index < -0.39 is 17.7 Å². The summed E-state index contributed by atoms with van der Waals surface area (Å²) < 4.78 is 27.5. The second-order valence-corrected chi connectivity index (χ2v) is 4.55. The molecule has 1 heterocycles. The highest BCUT2D eigenvalue weighted by Crippen LogP contribution is 2.16. The number of carbonyl (C=O) groups is 1. The molecule has 7 heteroatoms. The van der Waals surface area contributed by atoms with E-state index in [9.17, 15) is 13.6 Å². The van der Waals surface area contributed by atoms with Gasteiger partial charge < -0.3 is 5.32 Å². The highest BCUT2D eigenvalue weighted by Gasteiger charge is 2.15. The number of carbonyl (C=O) groups excluding carboxylic acids is 1. The maximum Gasteiger partial charge on any atom is 0.344 e. The summed E-state index contributed by atoms with van der Waals surface area (Å²) in [5.74, 6) is -1.60. The largest absolute Gasteiger partial charge is 0.344 e. The average molecular weight is 282 g/mol. The van der Waals surface area contributed by atoms with Crippen LogP contribution in [-0.4, -0.2) is 27.6 Å². The predicted molar refractivity (Wildman–Crippen MR) is 70.4 cm³/mol. The van der Waals surface area contributed by atoms with Crippen molar-refractivity contribution < 1.29 is 13.6 Å². The van der Waals surface area contributed by atoms with E-state index in [0.29, 0.717) is 12.6 Å². The van der Waals surface area contributed by atoms with Crippen molar-refractivity contribution in [2.75, 3.05) is 6.54 Å². The van der Waals surface area contributed by atoms with E-state index in [1.54, 1.807) is 0 Å². The third-order valence-electron chi connectivity index (χ3n) is 2.97. The zero-order valence-electron chi connectivity index (χ0n) is 11.2. The van der Waals surface area contributed by atoms with Gasteiger partial charge in [0, 0.05) is 18.7 Å². The van der Waals surface area contributed by atoms with Gasteiger partial charge in [-0.2, -0.15) is 4.68 Å². The van der Waals surface area contributed by atoms with Crippen LogP contribution in [0.1, 0.15) is 32.6 Å². The van der Waals surface area contributed by atoms with Crippen LogP contribution in [0.15, 0.2) is 12.1 Å². The van der Waals surface area contributed by atoms with Crippen molar-refractivity contribution in [1.82, 2.24) is 20.3 Å². The summed E-state index contributed by atoms with van der Waals surface area (Å²) in [6.45, 7) is 2.60. The van der Waals surface area contributed by atoms with E-state index in [4.69, 9.17) is 0 Å². The number of nitrogens with zero attached hydrogens (tertiary/aromatic N) is 3. The molecule has 0 aliphatic rings. The van der Waals surface area contributed by atoms with Crippen LogP contribution in [0.4, 0.5) is 13.6 Å². The highest BCUT2D eigenvalue weighted by atomic mass is 19.1. The monoisotopic (exact) mass is 282 g/mol. The number of aromatic nitrogens is 3. The first-order valence-electron chi connectivity index (χ1n) is 6.62. The number of benzene rings is 1. The molecular weight excluding hydrogens is 266 g/mol. The first-order chi connectivity index (χ1) is 9.63. The Morgan fingerprint density at radius 1 is 1.30 bits per heavy atom. The lowest BCUT2D eigenvalue weighted by molar-refractivity contribution is 0.239. The number of hydrogen-bond donors (Lipinski definition) is 1. The Bertz CT molecular complexity index is 612. The maximum atomic E-state index is 13.4. The number of unbranched alkanes of at least 4 members (excludes halogenated alkanes) is 3. The van der Waals surface area contributed by atoms with Crippen molar-refractivity contribution >= 4 is 17.1 Å². The van der Waals surface area contributed by atoms with Crippen LogP contribution >= 0.6 is 0 Å². The molecule has 0 saturated carbocycles. The zero-order chi connectivity index (χ0) is 14.5. The minimum Gasteiger partial charge on any atom is -0.336 e. The maximum absolute atomic E-state index is 13.4. The topological polar surface area (TPSA) is 59.8 Å². The number of nitrogens with one attached hydrogen (secondary N) is 1. The van der Waals surface area contributed by atoms with Crippen molar-refractivity contribution in [3.8, 4) is 0 Å². The highest BCUT2D eigenvalue weighted by molar-refractivity contribution is 5.87. The van der Waals surface area contributed by atoms with E-state index in [1.807, 2.05) is 0 Å². The molecule has 2 rings (SSSR count). The SMILES string of the molecule is CCCCCCNC(=O)n1nnc2c(F)cc(F)cc21. The number of rotatable bonds is 5. The number of fused-ring (bicyclic) bond motifs is 1. The summed E-state index contributed by atoms with van der Waals surface area (Å²) in [5.41, 5.74) is -0.0962. The van der Waals surface area contributed by atoms with E-state index in [-0.39, 0.29) is 11.0 Å². The van der Waals surface area contributed by atoms with Gasteiger partial charge in [-0.1, -0.05) is 31.4 Å². The minimum absolute atomic E-state index is 0.0218. The smallest absolute Gasteiger partial charge is 0.336 e. The molecule has 1 aromatic carbocycles. The fourth-order valence-corrected chi connectivity index (χ4v) is 1.92. The Morgan fingerprint density at radius 2 is 2.10 bits per heavy atom. The fourth-order valence-electron chi connectivity index (χ4n) is 1.92. The Balaban J connectivity index is 2.07. The van der Waals surface area contributed by atoms with Crippen LogP contribution in [0.2, 0.25) is 0 Å². The third kappa shape index (κ3) is 3.09. The number of halogens is 2. The third-order valence-corrected chi connectivity index (χ3v) is 2.97. The molecule has 0 fully saturated rings. The Morgan fingerprint density at radius 3 is 2.85 bits per heavy atom. The van der Waals surface area contributed by atoms with Crippen LogP contribution in [0.5, 0.6) is 0 Å². The molecule has 0 saturated heterocycles. The molecule has 1 amide bonds. The zero-order valence-corrected chi connectivity index (χ0v) is 11.2. The summed E-state index contributed by atoms with van der Waals surface area (Å²) >= 11 is 0. The minimum atomic E-state index is -0.831. The van der Waals surface area contributed by atoms with Gasteiger partial charge in [0.25, 0.3) is 0 Å². The Labute approximate surface area is 115 Å². The molecule has 0 radical (unpaired) electrons. The van der Waals surface area contributed by atoms with Gasteiger partial charge in [-0.15, -0.1) is 5.10 Å². The first-order valence-corrected chi connectivity index (χ1v) is 6.62. The molecule has 0 aliphatic carbocycles. The first kappa shape index (κ1) is 14.4. The van der Waals surface area contributed by atoms with Crippen molar-refractivity contribution in [1.29, 1.82) is 0 Å². The molecule has 5 nitrogen and oxygen atoms in total. The molecule has 20 heavy (non-hydrogen) atoms. The summed E-state index contributed by atoms with van der Waals surface area (Å²) in [7, 11) is 0. The summed E-state index contributed by atoms with van der Waals surface area (Å²) in [6.07, 6.45) is 4.10. The normalized spacial score (nSPS) is 10.9. The molecule has 0 unspecified atom stereocenters. The Hall–Kier alpha value is -2.05. The lowest BCUT2D eigenvalue weighted by Gasteiger charge is -2.04. The van der Waals surface area contributed by atoms with Crippen molar-refractivity contribution in [2.45, 2.75) is 32.6 Å². The van der Waals surface area contributed by atoms with Gasteiger partial charge in [-0.3, -0.25) is 0 Å². The molecule has 0 aliphatic heterocycles. The van der Waals surface area contributed by atoms with Gasteiger partial charge >= 0.3 is 6.03 Å². The van der Waals surface area contributed by atoms with Crippen LogP contribution in [-0.2, 0) is 0 Å². The van der Waals surface area contributed by atoms with E-state index in [2.05, 4.69) is 22.6 Å². The molecule has 1 N–H and O–H groups in total. The summed E-state index contributed by atoms with van der Waals surface area (Å²) in [4.78, 5) is 11.9. The van der Waals surface area contributed by atoms with E-state index in [1.165, 1.54) is 0 Å². The second-order valence-electron chi connectivity index (χ2n) is 4.55. The van der Waals surface area contributed by atoms with E-state index in [0.717, 1.165) is 36.4 Å². The van der Waals surface area contributed by atoms with Crippen LogP contribution in [0.3, 0.4) is 0 Å². The van der Waals surface area contributed by atoms with Gasteiger partial charge in [0.2, 0.25) is 0 Å².